The van der Waals surface area contributed by atoms with Gasteiger partial charge in [-0.05, 0) is 73.0 Å². The van der Waals surface area contributed by atoms with E-state index in [-0.39, 0.29) is 17.1 Å². The van der Waals surface area contributed by atoms with E-state index in [0.29, 0.717) is 17.3 Å². The fourth-order valence-corrected chi connectivity index (χ4v) is 5.91. The second-order valence-corrected chi connectivity index (χ2v) is 9.87. The summed E-state index contributed by atoms with van der Waals surface area (Å²) in [4.78, 5) is 21.4. The van der Waals surface area contributed by atoms with Crippen LogP contribution in [0.15, 0.2) is 70.6 Å². The summed E-state index contributed by atoms with van der Waals surface area (Å²) in [6.45, 7) is 0.700. The number of benzene rings is 2. The summed E-state index contributed by atoms with van der Waals surface area (Å²) in [5, 5.41) is 0.323. The number of carbonyl (C=O) groups is 1. The number of aromatic nitrogens is 1. The fourth-order valence-electron chi connectivity index (χ4n) is 4.88. The van der Waals surface area contributed by atoms with Gasteiger partial charge in [0.2, 0.25) is 0 Å². The number of hydrogen-bond donors (Lipinski definition) is 0. The van der Waals surface area contributed by atoms with E-state index in [2.05, 4.69) is 23.2 Å². The first kappa shape index (κ1) is 20.5. The fraction of sp³-hybridized carbons (Fsp3) is 0.280. The van der Waals surface area contributed by atoms with Gasteiger partial charge in [-0.1, -0.05) is 42.6 Å². The molecule has 1 aliphatic carbocycles. The van der Waals surface area contributed by atoms with Gasteiger partial charge in [-0.15, -0.1) is 0 Å². The number of anilines is 1. The Morgan fingerprint density at radius 1 is 1.00 bits per heavy atom. The van der Waals surface area contributed by atoms with Crippen molar-refractivity contribution in [2.75, 3.05) is 11.4 Å². The van der Waals surface area contributed by atoms with Gasteiger partial charge in [0.25, 0.3) is 5.91 Å². The van der Waals surface area contributed by atoms with Gasteiger partial charge in [0.15, 0.2) is 0 Å². The average Bonchev–Trinajstić information content (AvgIpc) is 3.08. The van der Waals surface area contributed by atoms with Crippen molar-refractivity contribution < 1.29 is 9.18 Å². The summed E-state index contributed by atoms with van der Waals surface area (Å²) in [7, 11) is 0. The normalized spacial score (nSPS) is 17.0. The van der Waals surface area contributed by atoms with Gasteiger partial charge in [0.05, 0.1) is 0 Å². The molecule has 3 nitrogen and oxygen atoms in total. The number of fused-ring (bicyclic) bond motifs is 2. The Bertz CT molecular complexity index is 1130. The Morgan fingerprint density at radius 3 is 2.48 bits per heavy atom. The molecular formula is C25H22ClFN2OS. The first-order chi connectivity index (χ1) is 15.0. The Hall–Kier alpha value is -2.37. The highest BCUT2D eigenvalue weighted by atomic mass is 35.5. The highest BCUT2D eigenvalue weighted by Gasteiger charge is 2.45. The van der Waals surface area contributed by atoms with Gasteiger partial charge in [0.1, 0.15) is 11.0 Å². The van der Waals surface area contributed by atoms with Crippen LogP contribution in [0.4, 0.5) is 10.1 Å². The van der Waals surface area contributed by atoms with Crippen LogP contribution in [0.1, 0.15) is 48.0 Å². The standard InChI is InChI=1S/C25H22ClFN2OS/c26-23-14-17(10-13-28-23)24(30)29-16-25(11-2-1-3-12-25)21-15-20(8-9-22(21)29)31-19-6-4-18(27)5-7-19/h4-10,13-15H,1-3,11-12,16H2. The summed E-state index contributed by atoms with van der Waals surface area (Å²) in [6, 6.07) is 16.3. The maximum atomic E-state index is 13.4. The molecule has 2 aromatic carbocycles. The van der Waals surface area contributed by atoms with Crippen LogP contribution >= 0.6 is 23.4 Å². The molecular weight excluding hydrogens is 431 g/mol. The number of nitrogens with zero attached hydrogens (tertiary/aromatic N) is 2. The summed E-state index contributed by atoms with van der Waals surface area (Å²) in [6.07, 6.45) is 7.35. The largest absolute Gasteiger partial charge is 0.307 e. The molecule has 2 aliphatic rings. The van der Waals surface area contributed by atoms with Crippen molar-refractivity contribution in [1.82, 2.24) is 4.98 Å². The molecule has 2 heterocycles. The molecule has 6 heteroatoms. The minimum absolute atomic E-state index is 0.000561. The van der Waals surface area contributed by atoms with Crippen molar-refractivity contribution in [2.45, 2.75) is 47.3 Å². The predicted octanol–water partition coefficient (Wildman–Crippen LogP) is 6.89. The molecule has 0 N–H and O–H groups in total. The van der Waals surface area contributed by atoms with Gasteiger partial charge in [0, 0.05) is 39.2 Å². The molecule has 0 radical (unpaired) electrons. The molecule has 1 spiro atoms. The number of hydrogen-bond acceptors (Lipinski definition) is 3. The molecule has 31 heavy (non-hydrogen) atoms. The zero-order valence-corrected chi connectivity index (χ0v) is 18.6. The third-order valence-electron chi connectivity index (χ3n) is 6.37. The molecule has 0 saturated heterocycles. The van der Waals surface area contributed by atoms with Crippen molar-refractivity contribution in [2.24, 2.45) is 0 Å². The number of rotatable bonds is 3. The van der Waals surface area contributed by atoms with Crippen LogP contribution < -0.4 is 4.90 Å². The quantitative estimate of drug-likeness (QED) is 0.406. The summed E-state index contributed by atoms with van der Waals surface area (Å²) in [5.74, 6) is -0.267. The Kier molecular flexibility index (Phi) is 5.49. The smallest absolute Gasteiger partial charge is 0.258 e. The highest BCUT2D eigenvalue weighted by Crippen LogP contribution is 2.50. The number of halogens is 2. The predicted molar refractivity (Wildman–Crippen MR) is 123 cm³/mol. The Morgan fingerprint density at radius 2 is 1.74 bits per heavy atom. The van der Waals surface area contributed by atoms with E-state index in [9.17, 15) is 9.18 Å². The summed E-state index contributed by atoms with van der Waals surface area (Å²) >= 11 is 7.66. The second-order valence-electron chi connectivity index (χ2n) is 8.33. The molecule has 0 atom stereocenters. The Labute approximate surface area is 190 Å². The maximum absolute atomic E-state index is 13.4. The number of amides is 1. The maximum Gasteiger partial charge on any atom is 0.258 e. The van der Waals surface area contributed by atoms with E-state index in [1.807, 2.05) is 4.90 Å². The molecule has 1 fully saturated rings. The van der Waals surface area contributed by atoms with E-state index >= 15 is 0 Å². The van der Waals surface area contributed by atoms with Crippen LogP contribution in [-0.4, -0.2) is 17.4 Å². The molecule has 1 aliphatic heterocycles. The van der Waals surface area contributed by atoms with Crippen LogP contribution in [0.25, 0.3) is 0 Å². The number of carbonyl (C=O) groups excluding carboxylic acids is 1. The molecule has 1 amide bonds. The molecule has 3 aromatic rings. The van der Waals surface area contributed by atoms with Crippen molar-refractivity contribution in [3.8, 4) is 0 Å². The molecule has 1 saturated carbocycles. The molecule has 1 aromatic heterocycles. The number of pyridine rings is 1. The van der Waals surface area contributed by atoms with Crippen LogP contribution in [0, 0.1) is 5.82 Å². The lowest BCUT2D eigenvalue weighted by Gasteiger charge is -2.34. The van der Waals surface area contributed by atoms with Crippen molar-refractivity contribution in [1.29, 1.82) is 0 Å². The van der Waals surface area contributed by atoms with Gasteiger partial charge in [-0.25, -0.2) is 9.37 Å². The lowest BCUT2D eigenvalue weighted by Crippen LogP contribution is -2.38. The Balaban J connectivity index is 1.52. The summed E-state index contributed by atoms with van der Waals surface area (Å²) < 4.78 is 13.3. The van der Waals surface area contributed by atoms with E-state index in [1.54, 1.807) is 42.2 Å². The van der Waals surface area contributed by atoms with Gasteiger partial charge >= 0.3 is 0 Å². The topological polar surface area (TPSA) is 33.2 Å². The lowest BCUT2D eigenvalue weighted by atomic mass is 9.71. The van der Waals surface area contributed by atoms with Crippen molar-refractivity contribution in [3.63, 3.8) is 0 Å². The zero-order valence-electron chi connectivity index (χ0n) is 17.0. The van der Waals surface area contributed by atoms with Crippen LogP contribution in [0.2, 0.25) is 5.15 Å². The lowest BCUT2D eigenvalue weighted by molar-refractivity contribution is 0.0982. The SMILES string of the molecule is O=C(c1ccnc(Cl)c1)N1CC2(CCCCC2)c2cc(Sc3ccc(F)cc3)ccc21. The van der Waals surface area contributed by atoms with Crippen molar-refractivity contribution >= 4 is 35.0 Å². The highest BCUT2D eigenvalue weighted by molar-refractivity contribution is 7.99. The second kappa shape index (κ2) is 8.29. The molecule has 0 bridgehead atoms. The van der Waals surface area contributed by atoms with E-state index in [1.165, 1.54) is 37.0 Å². The molecule has 5 rings (SSSR count). The minimum Gasteiger partial charge on any atom is -0.307 e. The third kappa shape index (κ3) is 3.97. The monoisotopic (exact) mass is 452 g/mol. The first-order valence-corrected chi connectivity index (χ1v) is 11.7. The van der Waals surface area contributed by atoms with Crippen LogP contribution in [0.5, 0.6) is 0 Å². The van der Waals surface area contributed by atoms with Crippen LogP contribution in [0.3, 0.4) is 0 Å². The van der Waals surface area contributed by atoms with Crippen molar-refractivity contribution in [3.05, 3.63) is 82.9 Å². The average molecular weight is 453 g/mol. The van der Waals surface area contributed by atoms with Gasteiger partial charge < -0.3 is 4.90 Å². The van der Waals surface area contributed by atoms with Crippen LogP contribution in [-0.2, 0) is 5.41 Å². The zero-order chi connectivity index (χ0) is 21.4. The van der Waals surface area contributed by atoms with E-state index in [4.69, 9.17) is 11.6 Å². The first-order valence-electron chi connectivity index (χ1n) is 10.6. The van der Waals surface area contributed by atoms with E-state index in [0.717, 1.165) is 28.3 Å². The van der Waals surface area contributed by atoms with Gasteiger partial charge in [-0.3, -0.25) is 4.79 Å². The summed E-state index contributed by atoms with van der Waals surface area (Å²) in [5.41, 5.74) is 2.80. The van der Waals surface area contributed by atoms with Gasteiger partial charge in [-0.2, -0.15) is 0 Å². The third-order valence-corrected chi connectivity index (χ3v) is 7.57. The molecule has 0 unspecified atom stereocenters. The van der Waals surface area contributed by atoms with E-state index < -0.39 is 0 Å². The minimum atomic E-state index is -0.232. The molecule has 158 valence electrons.